The van der Waals surface area contributed by atoms with Crippen molar-refractivity contribution in [3.63, 3.8) is 0 Å². The number of rotatable bonds is 8. The minimum Gasteiger partial charge on any atom is -0.494 e. The Morgan fingerprint density at radius 1 is 1.18 bits per heavy atom. The molecule has 2 aromatic carbocycles. The van der Waals surface area contributed by atoms with Crippen molar-refractivity contribution in [2.24, 2.45) is 11.0 Å². The first kappa shape index (κ1) is 21.4. The third-order valence-corrected chi connectivity index (χ3v) is 4.15. The fourth-order valence-corrected chi connectivity index (χ4v) is 2.58. The molecule has 148 valence electrons. The van der Waals surface area contributed by atoms with Crippen LogP contribution < -0.4 is 15.5 Å². The summed E-state index contributed by atoms with van der Waals surface area (Å²) in [5.41, 5.74) is 3.70. The number of hydrogen-bond donors (Lipinski definition) is 2. The molecule has 0 heterocycles. The summed E-state index contributed by atoms with van der Waals surface area (Å²) >= 11 is 5.84. The van der Waals surface area contributed by atoms with E-state index in [1.165, 1.54) is 6.21 Å². The molecule has 2 aromatic rings. The van der Waals surface area contributed by atoms with E-state index < -0.39 is 11.9 Å². The van der Waals surface area contributed by atoms with Gasteiger partial charge in [-0.25, -0.2) is 5.43 Å². The molecular weight excluding hydrogens is 378 g/mol. The molecule has 6 nitrogen and oxygen atoms in total. The predicted octanol–water partition coefficient (Wildman–Crippen LogP) is 3.64. The number of hydrogen-bond acceptors (Lipinski definition) is 4. The summed E-state index contributed by atoms with van der Waals surface area (Å²) in [6, 6.07) is 13.1. The molecule has 0 spiro atoms. The SMILES string of the molecule is CCOc1cccc(C=NNC(=O)C(NC(=O)c2ccc(Cl)cc2)C(C)C)c1. The molecule has 2 amide bonds. The van der Waals surface area contributed by atoms with Crippen molar-refractivity contribution in [2.45, 2.75) is 26.8 Å². The van der Waals surface area contributed by atoms with E-state index in [1.54, 1.807) is 24.3 Å². The molecule has 0 aliphatic carbocycles. The van der Waals surface area contributed by atoms with Crippen LogP contribution in [0.4, 0.5) is 0 Å². The van der Waals surface area contributed by atoms with Crippen molar-refractivity contribution in [2.75, 3.05) is 6.61 Å². The Morgan fingerprint density at radius 3 is 2.54 bits per heavy atom. The molecule has 2 N–H and O–H groups in total. The molecule has 0 fully saturated rings. The molecular formula is C21H24ClN3O3. The van der Waals surface area contributed by atoms with Crippen LogP contribution >= 0.6 is 11.6 Å². The molecule has 0 saturated carbocycles. The van der Waals surface area contributed by atoms with E-state index in [0.29, 0.717) is 17.2 Å². The van der Waals surface area contributed by atoms with E-state index in [9.17, 15) is 9.59 Å². The number of carbonyl (C=O) groups excluding carboxylic acids is 2. The van der Waals surface area contributed by atoms with Crippen LogP contribution in [0.15, 0.2) is 53.6 Å². The molecule has 0 saturated heterocycles. The zero-order chi connectivity index (χ0) is 20.5. The van der Waals surface area contributed by atoms with E-state index >= 15 is 0 Å². The summed E-state index contributed by atoms with van der Waals surface area (Å²) in [6.07, 6.45) is 1.53. The first-order chi connectivity index (χ1) is 13.4. The molecule has 0 radical (unpaired) electrons. The Balaban J connectivity index is 1.99. The fourth-order valence-electron chi connectivity index (χ4n) is 2.45. The molecule has 1 unspecified atom stereocenters. The van der Waals surface area contributed by atoms with Crippen molar-refractivity contribution in [1.82, 2.24) is 10.7 Å². The summed E-state index contributed by atoms with van der Waals surface area (Å²) in [7, 11) is 0. The maximum atomic E-state index is 12.5. The minimum absolute atomic E-state index is 0.118. The molecule has 28 heavy (non-hydrogen) atoms. The van der Waals surface area contributed by atoms with Crippen molar-refractivity contribution in [1.29, 1.82) is 0 Å². The van der Waals surface area contributed by atoms with Crippen LogP contribution in [0.1, 0.15) is 36.7 Å². The maximum absolute atomic E-state index is 12.5. The van der Waals surface area contributed by atoms with Crippen LogP contribution in [-0.4, -0.2) is 30.7 Å². The summed E-state index contributed by atoms with van der Waals surface area (Å²) < 4.78 is 5.43. The van der Waals surface area contributed by atoms with Crippen molar-refractivity contribution < 1.29 is 14.3 Å². The number of halogens is 1. The second kappa shape index (κ2) is 10.5. The summed E-state index contributed by atoms with van der Waals surface area (Å²) in [6.45, 7) is 6.18. The Labute approximate surface area is 169 Å². The summed E-state index contributed by atoms with van der Waals surface area (Å²) in [5.74, 6) is -0.130. The highest BCUT2D eigenvalue weighted by Crippen LogP contribution is 2.12. The first-order valence-electron chi connectivity index (χ1n) is 9.03. The average Bonchev–Trinajstić information content (AvgIpc) is 2.66. The van der Waals surface area contributed by atoms with Gasteiger partial charge < -0.3 is 10.1 Å². The minimum atomic E-state index is -0.727. The second-order valence-electron chi connectivity index (χ2n) is 6.44. The maximum Gasteiger partial charge on any atom is 0.262 e. The first-order valence-corrected chi connectivity index (χ1v) is 9.40. The van der Waals surface area contributed by atoms with E-state index in [2.05, 4.69) is 15.8 Å². The van der Waals surface area contributed by atoms with Crippen molar-refractivity contribution >= 4 is 29.6 Å². The van der Waals surface area contributed by atoms with Gasteiger partial charge in [0, 0.05) is 10.6 Å². The predicted molar refractivity (Wildman–Crippen MR) is 111 cm³/mol. The van der Waals surface area contributed by atoms with Gasteiger partial charge >= 0.3 is 0 Å². The third kappa shape index (κ3) is 6.39. The molecule has 0 aromatic heterocycles. The zero-order valence-corrected chi connectivity index (χ0v) is 16.9. The molecule has 1 atom stereocenters. The average molecular weight is 402 g/mol. The highest BCUT2D eigenvalue weighted by atomic mass is 35.5. The number of nitrogens with one attached hydrogen (secondary N) is 2. The van der Waals surface area contributed by atoms with E-state index in [1.807, 2.05) is 45.0 Å². The largest absolute Gasteiger partial charge is 0.494 e. The van der Waals surface area contributed by atoms with Gasteiger partial charge in [-0.05, 0) is 54.8 Å². The highest BCUT2D eigenvalue weighted by Gasteiger charge is 2.24. The number of hydrazone groups is 1. The van der Waals surface area contributed by atoms with Gasteiger partial charge in [0.25, 0.3) is 11.8 Å². The molecule has 7 heteroatoms. The lowest BCUT2D eigenvalue weighted by atomic mass is 10.0. The summed E-state index contributed by atoms with van der Waals surface area (Å²) in [5, 5.41) is 7.27. The van der Waals surface area contributed by atoms with Gasteiger partial charge in [-0.15, -0.1) is 0 Å². The Kier molecular flexibility index (Phi) is 8.02. The van der Waals surface area contributed by atoms with Crippen molar-refractivity contribution in [3.8, 4) is 5.75 Å². The number of carbonyl (C=O) groups is 2. The fraction of sp³-hybridized carbons (Fsp3) is 0.286. The number of nitrogens with zero attached hydrogens (tertiary/aromatic N) is 1. The number of benzene rings is 2. The quantitative estimate of drug-likeness (QED) is 0.523. The molecule has 0 aliphatic heterocycles. The number of ether oxygens (including phenoxy) is 1. The van der Waals surface area contributed by atoms with E-state index in [4.69, 9.17) is 16.3 Å². The lowest BCUT2D eigenvalue weighted by Gasteiger charge is -2.20. The van der Waals surface area contributed by atoms with Crippen LogP contribution in [0.25, 0.3) is 0 Å². The Bertz CT molecular complexity index is 835. The Morgan fingerprint density at radius 2 is 1.89 bits per heavy atom. The van der Waals surface area contributed by atoms with E-state index in [-0.39, 0.29) is 11.8 Å². The lowest BCUT2D eigenvalue weighted by molar-refractivity contribution is -0.123. The topological polar surface area (TPSA) is 79.8 Å². The molecule has 0 aliphatic rings. The summed E-state index contributed by atoms with van der Waals surface area (Å²) in [4.78, 5) is 24.9. The lowest BCUT2D eigenvalue weighted by Crippen LogP contribution is -2.48. The van der Waals surface area contributed by atoms with Crippen LogP contribution in [0.5, 0.6) is 5.75 Å². The van der Waals surface area contributed by atoms with Crippen LogP contribution in [0.3, 0.4) is 0 Å². The normalized spacial score (nSPS) is 12.0. The third-order valence-electron chi connectivity index (χ3n) is 3.90. The zero-order valence-electron chi connectivity index (χ0n) is 16.1. The smallest absolute Gasteiger partial charge is 0.262 e. The van der Waals surface area contributed by atoms with E-state index in [0.717, 1.165) is 11.3 Å². The number of amides is 2. The van der Waals surface area contributed by atoms with Crippen LogP contribution in [0, 0.1) is 5.92 Å². The Hall–Kier alpha value is -2.86. The van der Waals surface area contributed by atoms with Crippen molar-refractivity contribution in [3.05, 3.63) is 64.7 Å². The second-order valence-corrected chi connectivity index (χ2v) is 6.88. The molecule has 0 bridgehead atoms. The van der Waals surface area contributed by atoms with Gasteiger partial charge in [-0.2, -0.15) is 5.10 Å². The van der Waals surface area contributed by atoms with Gasteiger partial charge in [0.1, 0.15) is 11.8 Å². The standard InChI is InChI=1S/C21H24ClN3O3/c1-4-28-18-7-5-6-15(12-18)13-23-25-21(27)19(14(2)3)24-20(26)16-8-10-17(22)11-9-16/h5-14,19H,4H2,1-3H3,(H,24,26)(H,25,27). The van der Waals surface area contributed by atoms with Gasteiger partial charge in [0.15, 0.2) is 0 Å². The van der Waals surface area contributed by atoms with Gasteiger partial charge in [0.2, 0.25) is 0 Å². The van der Waals surface area contributed by atoms with Crippen LogP contribution in [-0.2, 0) is 4.79 Å². The van der Waals surface area contributed by atoms with Crippen LogP contribution in [0.2, 0.25) is 5.02 Å². The monoisotopic (exact) mass is 401 g/mol. The molecule has 2 rings (SSSR count). The van der Waals surface area contributed by atoms with Gasteiger partial charge in [-0.1, -0.05) is 37.6 Å². The van der Waals surface area contributed by atoms with Gasteiger partial charge in [-0.3, -0.25) is 9.59 Å². The van der Waals surface area contributed by atoms with Gasteiger partial charge in [0.05, 0.1) is 12.8 Å². The highest BCUT2D eigenvalue weighted by molar-refractivity contribution is 6.30.